The normalized spacial score (nSPS) is 8.42. The quantitative estimate of drug-likeness (QED) is 0.425. The van der Waals surface area contributed by atoms with Crippen molar-refractivity contribution in [2.24, 2.45) is 0 Å². The van der Waals surface area contributed by atoms with Crippen LogP contribution in [0.1, 0.15) is 17.3 Å². The molecule has 0 radical (unpaired) electrons. The van der Waals surface area contributed by atoms with Crippen LogP contribution in [-0.2, 0) is 24.2 Å². The van der Waals surface area contributed by atoms with Crippen molar-refractivity contribution in [3.8, 4) is 0 Å². The summed E-state index contributed by atoms with van der Waals surface area (Å²) in [5, 5.41) is 0. The molecule has 0 spiro atoms. The molecule has 0 aliphatic carbocycles. The van der Waals surface area contributed by atoms with Gasteiger partial charge >= 0.3 is 0 Å². The van der Waals surface area contributed by atoms with Crippen LogP contribution in [0.5, 0.6) is 0 Å². The van der Waals surface area contributed by atoms with Gasteiger partial charge in [-0.2, -0.15) is 0 Å². The number of carbonyl (C=O) groups excluding carboxylic acids is 1. The molecular weight excluding hydrogens is 205 g/mol. The molecule has 0 heterocycles. The summed E-state index contributed by atoms with van der Waals surface area (Å²) in [7, 11) is 0. The number of hydrogen-bond acceptors (Lipinski definition) is 2. The third-order valence-corrected chi connectivity index (χ3v) is 1.20. The van der Waals surface area contributed by atoms with Crippen LogP contribution in [0.2, 0.25) is 0 Å². The summed E-state index contributed by atoms with van der Waals surface area (Å²) >= 11 is 0. The first kappa shape index (κ1) is 11.3. The number of esters is 1. The van der Waals surface area contributed by atoms with Gasteiger partial charge in [0.15, 0.2) is 0 Å². The third kappa shape index (κ3) is 3.14. The average molecular weight is 215 g/mol. The zero-order valence-corrected chi connectivity index (χ0v) is 10.0. The van der Waals surface area contributed by atoms with Gasteiger partial charge in [-0.25, -0.2) is 0 Å². The fourth-order valence-electron chi connectivity index (χ4n) is 0.729. The average Bonchev–Trinajstić information content (AvgIpc) is 2.07. The molecule has 12 heavy (non-hydrogen) atoms. The van der Waals surface area contributed by atoms with Crippen molar-refractivity contribution < 1.29 is 29.0 Å². The van der Waals surface area contributed by atoms with E-state index in [1.165, 1.54) is 0 Å². The van der Waals surface area contributed by atoms with Gasteiger partial charge < -0.3 is 9.53 Å². The summed E-state index contributed by atoms with van der Waals surface area (Å²) in [6, 6.07) is 9.73. The molecule has 0 fully saturated rings. The topological polar surface area (TPSA) is 26.3 Å². The molecule has 0 amide bonds. The molecule has 0 aromatic heterocycles. The Bertz CT molecular complexity index is 234. The maximum atomic E-state index is 11.0. The van der Waals surface area contributed by atoms with Crippen molar-refractivity contribution >= 4 is 5.97 Å². The van der Waals surface area contributed by atoms with Gasteiger partial charge in [0.05, 0.1) is 6.61 Å². The van der Waals surface area contributed by atoms with Crippen LogP contribution >= 0.6 is 0 Å². The van der Waals surface area contributed by atoms with Crippen LogP contribution < -0.4 is 0 Å². The third-order valence-electron chi connectivity index (χ3n) is 1.20. The molecule has 2 nitrogen and oxygen atoms in total. The summed E-state index contributed by atoms with van der Waals surface area (Å²) in [6.07, 6.45) is 0. The Morgan fingerprint density at radius 3 is 2.83 bits per heavy atom. The van der Waals surface area contributed by atoms with Crippen LogP contribution in [0, 0.1) is 6.07 Å². The van der Waals surface area contributed by atoms with Crippen molar-refractivity contribution in [3.05, 3.63) is 35.9 Å². The zero-order valence-electron chi connectivity index (χ0n) is 7.04. The van der Waals surface area contributed by atoms with E-state index in [0.717, 1.165) is 0 Å². The minimum absolute atomic E-state index is 0. The summed E-state index contributed by atoms with van der Waals surface area (Å²) < 4.78 is 4.76. The molecule has 0 aliphatic rings. The van der Waals surface area contributed by atoms with E-state index in [4.69, 9.17) is 4.74 Å². The van der Waals surface area contributed by atoms with E-state index in [-0.39, 0.29) is 25.4 Å². The van der Waals surface area contributed by atoms with Gasteiger partial charge in [0.25, 0.3) is 0 Å². The van der Waals surface area contributed by atoms with E-state index < -0.39 is 0 Å². The van der Waals surface area contributed by atoms with E-state index in [1.54, 1.807) is 25.1 Å². The van der Waals surface area contributed by atoms with Crippen LogP contribution in [0.25, 0.3) is 0 Å². The fraction of sp³-hybridized carbons (Fsp3) is 0.222. The van der Waals surface area contributed by atoms with Crippen LogP contribution in [0.3, 0.4) is 0 Å². The van der Waals surface area contributed by atoms with Gasteiger partial charge in [0.2, 0.25) is 5.97 Å². The van der Waals surface area contributed by atoms with Crippen LogP contribution in [-0.4, -0.2) is 12.6 Å². The maximum absolute atomic E-state index is 11.0. The second-order valence-corrected chi connectivity index (χ2v) is 2.00. The predicted octanol–water partition coefficient (Wildman–Crippen LogP) is 1.66. The molecular formula is C9H9O2Zn-. The first-order valence-electron chi connectivity index (χ1n) is 3.48. The maximum Gasteiger partial charge on any atom is 0.250 e. The van der Waals surface area contributed by atoms with Crippen molar-refractivity contribution in [1.29, 1.82) is 0 Å². The van der Waals surface area contributed by atoms with Crippen molar-refractivity contribution in [1.82, 2.24) is 0 Å². The SMILES string of the molecule is CCOC(=O)c1[c-]cccc1.[Zn]. The van der Waals surface area contributed by atoms with Crippen molar-refractivity contribution in [2.45, 2.75) is 6.92 Å². The van der Waals surface area contributed by atoms with Gasteiger partial charge in [0, 0.05) is 19.5 Å². The first-order valence-corrected chi connectivity index (χ1v) is 3.48. The van der Waals surface area contributed by atoms with E-state index in [9.17, 15) is 4.79 Å². The minimum Gasteiger partial charge on any atom is -0.506 e. The number of carbonyl (C=O) groups is 1. The fourth-order valence-corrected chi connectivity index (χ4v) is 0.729. The van der Waals surface area contributed by atoms with Crippen LogP contribution in [0.4, 0.5) is 0 Å². The van der Waals surface area contributed by atoms with Gasteiger partial charge in [-0.15, -0.1) is 30.3 Å². The molecule has 0 atom stereocenters. The first-order chi connectivity index (χ1) is 5.34. The van der Waals surface area contributed by atoms with E-state index in [2.05, 4.69) is 6.07 Å². The summed E-state index contributed by atoms with van der Waals surface area (Å²) in [6.45, 7) is 2.18. The van der Waals surface area contributed by atoms with Gasteiger partial charge in [-0.1, -0.05) is 5.56 Å². The monoisotopic (exact) mass is 213 g/mol. The molecule has 0 N–H and O–H groups in total. The molecule has 1 aromatic carbocycles. The van der Waals surface area contributed by atoms with Gasteiger partial charge in [-0.3, -0.25) is 0 Å². The Labute approximate surface area is 84.7 Å². The van der Waals surface area contributed by atoms with Gasteiger partial charge in [0.1, 0.15) is 0 Å². The smallest absolute Gasteiger partial charge is 0.250 e. The zero-order chi connectivity index (χ0) is 8.10. The predicted molar refractivity (Wildman–Crippen MR) is 41.2 cm³/mol. The molecule has 0 unspecified atom stereocenters. The molecule has 1 rings (SSSR count). The Hall–Kier alpha value is -0.687. The molecule has 0 saturated heterocycles. The summed E-state index contributed by atoms with van der Waals surface area (Å²) in [5.41, 5.74) is 0.481. The molecule has 3 heteroatoms. The number of rotatable bonds is 2. The Kier molecular flexibility index (Phi) is 5.56. The Balaban J connectivity index is 0.00000121. The minimum atomic E-state index is -0.312. The number of benzene rings is 1. The standard InChI is InChI=1S/C9H9O2.Zn/c1-2-11-9(10)8-6-4-3-5-7-8;/h3-6H,2H2,1H3;/q-1;. The Morgan fingerprint density at radius 2 is 2.33 bits per heavy atom. The van der Waals surface area contributed by atoms with E-state index >= 15 is 0 Å². The van der Waals surface area contributed by atoms with E-state index in [1.807, 2.05) is 6.07 Å². The summed E-state index contributed by atoms with van der Waals surface area (Å²) in [5.74, 6) is -0.312. The number of hydrogen-bond donors (Lipinski definition) is 0. The molecule has 1 aromatic rings. The largest absolute Gasteiger partial charge is 0.506 e. The van der Waals surface area contributed by atoms with Crippen LogP contribution in [0.15, 0.2) is 24.3 Å². The molecule has 0 aliphatic heterocycles. The molecule has 0 saturated carbocycles. The van der Waals surface area contributed by atoms with E-state index in [0.29, 0.717) is 12.2 Å². The van der Waals surface area contributed by atoms with Crippen molar-refractivity contribution in [2.75, 3.05) is 6.61 Å². The Morgan fingerprint density at radius 1 is 1.58 bits per heavy atom. The van der Waals surface area contributed by atoms with Crippen molar-refractivity contribution in [3.63, 3.8) is 0 Å². The van der Waals surface area contributed by atoms with Gasteiger partial charge in [-0.05, 0) is 6.92 Å². The molecule has 0 bridgehead atoms. The summed E-state index contributed by atoms with van der Waals surface area (Å²) in [4.78, 5) is 11.0. The second kappa shape index (κ2) is 5.90. The molecule has 60 valence electrons. The number of ether oxygens (including phenoxy) is 1. The second-order valence-electron chi connectivity index (χ2n) is 2.00.